The molecule has 12 heavy (non-hydrogen) atoms. The van der Waals surface area contributed by atoms with Gasteiger partial charge in [-0.25, -0.2) is 0 Å². The molecule has 0 fully saturated rings. The first-order chi connectivity index (χ1) is 5.38. The number of nitrogens with zero attached hydrogens (tertiary/aromatic N) is 1. The van der Waals surface area contributed by atoms with Crippen LogP contribution >= 0.6 is 15.9 Å². The van der Waals surface area contributed by atoms with E-state index < -0.39 is 0 Å². The van der Waals surface area contributed by atoms with Crippen LogP contribution < -0.4 is 0 Å². The number of hydrogen-bond acceptors (Lipinski definition) is 2. The van der Waals surface area contributed by atoms with Crippen LogP contribution in [0.15, 0.2) is 35.5 Å². The molecule has 3 nitrogen and oxygen atoms in total. The Morgan fingerprint density at radius 3 is 2.33 bits per heavy atom. The van der Waals surface area contributed by atoms with Gasteiger partial charge in [-0.05, 0) is 0 Å². The molecular formula is C8H10BrNO2. The molecule has 1 aromatic rings. The van der Waals surface area contributed by atoms with Gasteiger partial charge < -0.3 is 10.7 Å². The predicted molar refractivity (Wildman–Crippen MR) is 52.2 cm³/mol. The quantitative estimate of drug-likeness (QED) is 0.356. The molecule has 0 atom stereocenters. The van der Waals surface area contributed by atoms with Gasteiger partial charge in [0.1, 0.15) is 0 Å². The van der Waals surface area contributed by atoms with Gasteiger partial charge in [0.15, 0.2) is 0 Å². The van der Waals surface area contributed by atoms with Crippen molar-refractivity contribution in [1.82, 2.24) is 0 Å². The number of halogens is 1. The molecule has 0 radical (unpaired) electrons. The molecule has 0 aromatic heterocycles. The summed E-state index contributed by atoms with van der Waals surface area (Å²) in [7, 11) is 0. The van der Waals surface area contributed by atoms with Crippen molar-refractivity contribution < 1.29 is 10.7 Å². The zero-order valence-corrected chi connectivity index (χ0v) is 7.95. The molecule has 0 heterocycles. The van der Waals surface area contributed by atoms with Crippen molar-refractivity contribution in [1.29, 1.82) is 0 Å². The van der Waals surface area contributed by atoms with Crippen LogP contribution in [0.4, 0.5) is 0 Å². The Bertz CT molecular complexity index is 248. The third-order valence-corrected chi connectivity index (χ3v) is 1.89. The molecule has 0 bridgehead atoms. The maximum absolute atomic E-state index is 8.54. The van der Waals surface area contributed by atoms with Crippen LogP contribution in [0.1, 0.15) is 5.56 Å². The summed E-state index contributed by atoms with van der Waals surface area (Å²) < 4.78 is 0. The van der Waals surface area contributed by atoms with Crippen molar-refractivity contribution in [2.75, 3.05) is 5.33 Å². The minimum absolute atomic E-state index is 0. The summed E-state index contributed by atoms with van der Waals surface area (Å²) in [5, 5.41) is 12.2. The molecule has 1 rings (SSSR count). The third-order valence-electron chi connectivity index (χ3n) is 1.35. The Balaban J connectivity index is 0.00000121. The number of benzene rings is 1. The fourth-order valence-electron chi connectivity index (χ4n) is 0.792. The van der Waals surface area contributed by atoms with E-state index in [9.17, 15) is 0 Å². The Hall–Kier alpha value is -0.870. The summed E-state index contributed by atoms with van der Waals surface area (Å²) in [6.45, 7) is 0. The summed E-state index contributed by atoms with van der Waals surface area (Å²) in [5.41, 5.74) is 1.58. The minimum Gasteiger partial charge on any atom is -0.412 e. The van der Waals surface area contributed by atoms with Gasteiger partial charge in [-0.3, -0.25) is 0 Å². The van der Waals surface area contributed by atoms with Gasteiger partial charge in [-0.2, -0.15) is 0 Å². The van der Waals surface area contributed by atoms with Crippen molar-refractivity contribution in [3.8, 4) is 0 Å². The summed E-state index contributed by atoms with van der Waals surface area (Å²) in [4.78, 5) is 0. The van der Waals surface area contributed by atoms with Crippen molar-refractivity contribution in [3.63, 3.8) is 0 Å². The van der Waals surface area contributed by atoms with Crippen LogP contribution in [0.3, 0.4) is 0 Å². The van der Waals surface area contributed by atoms with Crippen molar-refractivity contribution in [3.05, 3.63) is 35.9 Å². The van der Waals surface area contributed by atoms with E-state index in [4.69, 9.17) is 5.21 Å². The first kappa shape index (κ1) is 11.1. The molecule has 0 aliphatic heterocycles. The lowest BCUT2D eigenvalue weighted by Gasteiger charge is -1.97. The predicted octanol–water partition coefficient (Wildman–Crippen LogP) is 1.44. The van der Waals surface area contributed by atoms with E-state index in [1.54, 1.807) is 0 Å². The summed E-state index contributed by atoms with van der Waals surface area (Å²) in [6.07, 6.45) is 0. The highest BCUT2D eigenvalue weighted by molar-refractivity contribution is 9.09. The van der Waals surface area contributed by atoms with Crippen LogP contribution in [0.25, 0.3) is 0 Å². The molecule has 4 heteroatoms. The first-order valence-corrected chi connectivity index (χ1v) is 4.33. The lowest BCUT2D eigenvalue weighted by molar-refractivity contribution is 0.319. The minimum atomic E-state index is 0. The van der Waals surface area contributed by atoms with E-state index in [2.05, 4.69) is 21.1 Å². The summed E-state index contributed by atoms with van der Waals surface area (Å²) in [5.74, 6) is 0. The van der Waals surface area contributed by atoms with E-state index >= 15 is 0 Å². The Kier molecular flexibility index (Phi) is 5.32. The maximum Gasteiger partial charge on any atom is 0.0973 e. The van der Waals surface area contributed by atoms with Gasteiger partial charge in [0.2, 0.25) is 0 Å². The fraction of sp³-hybridized carbons (Fsp3) is 0.125. The zero-order valence-electron chi connectivity index (χ0n) is 6.37. The van der Waals surface area contributed by atoms with Gasteiger partial charge >= 0.3 is 0 Å². The topological polar surface area (TPSA) is 64.1 Å². The fourth-order valence-corrected chi connectivity index (χ4v) is 1.23. The van der Waals surface area contributed by atoms with E-state index in [-0.39, 0.29) is 5.48 Å². The lowest BCUT2D eigenvalue weighted by atomic mass is 10.1. The van der Waals surface area contributed by atoms with Gasteiger partial charge in [0.05, 0.1) is 5.71 Å². The van der Waals surface area contributed by atoms with Crippen molar-refractivity contribution in [2.45, 2.75) is 0 Å². The summed E-state index contributed by atoms with van der Waals surface area (Å²) >= 11 is 3.22. The molecule has 0 aliphatic carbocycles. The monoisotopic (exact) mass is 231 g/mol. The Morgan fingerprint density at radius 1 is 1.33 bits per heavy atom. The second-order valence-electron chi connectivity index (χ2n) is 2.05. The number of oxime groups is 1. The van der Waals surface area contributed by atoms with Crippen molar-refractivity contribution >= 4 is 21.6 Å². The Labute approximate surface area is 79.2 Å². The Morgan fingerprint density at radius 2 is 1.92 bits per heavy atom. The second kappa shape index (κ2) is 5.74. The van der Waals surface area contributed by atoms with Crippen LogP contribution in [0.2, 0.25) is 0 Å². The smallest absolute Gasteiger partial charge is 0.0973 e. The average molecular weight is 232 g/mol. The van der Waals surface area contributed by atoms with E-state index in [0.717, 1.165) is 5.56 Å². The highest BCUT2D eigenvalue weighted by Gasteiger charge is 1.99. The largest absolute Gasteiger partial charge is 0.412 e. The highest BCUT2D eigenvalue weighted by atomic mass is 79.9. The molecule has 1 aromatic carbocycles. The van der Waals surface area contributed by atoms with Crippen LogP contribution in [-0.2, 0) is 0 Å². The number of rotatable bonds is 2. The number of alkyl halides is 1. The molecule has 0 aliphatic rings. The van der Waals surface area contributed by atoms with Crippen LogP contribution in [0, 0.1) is 0 Å². The molecule has 3 N–H and O–H groups in total. The third kappa shape index (κ3) is 2.64. The standard InChI is InChI=1S/C8H8BrNO.H2O/c9-6-8(10-11)7-4-2-1-3-5-7;/h1-5,11H,6H2;1H2. The van der Waals surface area contributed by atoms with Gasteiger partial charge in [0, 0.05) is 10.9 Å². The molecule has 0 spiro atoms. The zero-order chi connectivity index (χ0) is 8.10. The molecule has 0 amide bonds. The van der Waals surface area contributed by atoms with E-state index in [1.807, 2.05) is 30.3 Å². The van der Waals surface area contributed by atoms with Gasteiger partial charge in [0.25, 0.3) is 0 Å². The molecule has 0 saturated heterocycles. The second-order valence-corrected chi connectivity index (χ2v) is 2.61. The number of hydrogen-bond donors (Lipinski definition) is 1. The van der Waals surface area contributed by atoms with Crippen LogP contribution in [-0.4, -0.2) is 21.7 Å². The first-order valence-electron chi connectivity index (χ1n) is 3.21. The van der Waals surface area contributed by atoms with Crippen LogP contribution in [0.5, 0.6) is 0 Å². The average Bonchev–Trinajstić information content (AvgIpc) is 2.09. The van der Waals surface area contributed by atoms with E-state index in [0.29, 0.717) is 11.0 Å². The normalized spacial score (nSPS) is 10.6. The van der Waals surface area contributed by atoms with Gasteiger partial charge in [-0.1, -0.05) is 51.4 Å². The SMILES string of the molecule is O.ON=C(CBr)c1ccccc1. The molecule has 0 unspecified atom stereocenters. The molecular weight excluding hydrogens is 222 g/mol. The summed E-state index contributed by atoms with van der Waals surface area (Å²) in [6, 6.07) is 9.53. The highest BCUT2D eigenvalue weighted by Crippen LogP contribution is 2.02. The molecule has 66 valence electrons. The lowest BCUT2D eigenvalue weighted by Crippen LogP contribution is -2.01. The maximum atomic E-state index is 8.54. The molecule has 0 saturated carbocycles. The van der Waals surface area contributed by atoms with Crippen molar-refractivity contribution in [2.24, 2.45) is 5.16 Å². The van der Waals surface area contributed by atoms with Gasteiger partial charge in [-0.15, -0.1) is 0 Å². The van der Waals surface area contributed by atoms with E-state index in [1.165, 1.54) is 0 Å².